The summed E-state index contributed by atoms with van der Waals surface area (Å²) in [6.45, 7) is 5.92. The molecule has 0 aromatic heterocycles. The van der Waals surface area contributed by atoms with Crippen molar-refractivity contribution in [3.05, 3.63) is 35.9 Å². The topological polar surface area (TPSA) is 130 Å². The molecule has 0 fully saturated rings. The normalized spacial score (nSPS) is 14.0. The fourth-order valence-corrected chi connectivity index (χ4v) is 4.13. The zero-order valence-electron chi connectivity index (χ0n) is 21.3. The third-order valence-electron chi connectivity index (χ3n) is 5.97. The second-order valence-corrected chi connectivity index (χ2v) is 10.1. The summed E-state index contributed by atoms with van der Waals surface area (Å²) < 4.78 is 9.40. The van der Waals surface area contributed by atoms with Crippen LogP contribution in [0.5, 0.6) is 0 Å². The van der Waals surface area contributed by atoms with Gasteiger partial charge in [0.2, 0.25) is 5.91 Å². The van der Waals surface area contributed by atoms with Crippen LogP contribution in [-0.2, 0) is 15.9 Å². The summed E-state index contributed by atoms with van der Waals surface area (Å²) in [5.41, 5.74) is 1.23. The summed E-state index contributed by atoms with van der Waals surface area (Å²) in [4.78, 5) is 35.5. The number of hydrogen-bond donors (Lipinski definition) is 4. The van der Waals surface area contributed by atoms with Crippen LogP contribution in [-0.4, -0.2) is 51.6 Å². The number of rotatable bonds is 17. The minimum Gasteiger partial charge on any atom is -0.756 e. The molecule has 0 saturated carbocycles. The van der Waals surface area contributed by atoms with Crippen molar-refractivity contribution in [2.75, 3.05) is 20.2 Å². The van der Waals surface area contributed by atoms with E-state index in [2.05, 4.69) is 38.3 Å². The maximum Gasteiger partial charge on any atom is 0.262 e. The van der Waals surface area contributed by atoms with Crippen molar-refractivity contribution in [1.29, 1.82) is 0 Å². The Kier molecular flexibility index (Phi) is 18.3. The molecule has 0 aliphatic carbocycles. The third-order valence-corrected chi connectivity index (χ3v) is 5.97. The van der Waals surface area contributed by atoms with E-state index in [0.717, 1.165) is 25.8 Å². The summed E-state index contributed by atoms with van der Waals surface area (Å²) in [6.07, 6.45) is 12.9. The van der Waals surface area contributed by atoms with Crippen LogP contribution in [0.3, 0.4) is 0 Å². The van der Waals surface area contributed by atoms with Crippen LogP contribution >= 0.6 is 7.82 Å². The van der Waals surface area contributed by atoms with Crippen molar-refractivity contribution in [1.82, 2.24) is 5.32 Å². The maximum absolute atomic E-state index is 12.5. The molecule has 0 aliphatic rings. The summed E-state index contributed by atoms with van der Waals surface area (Å²) in [6, 6.07) is 10.3. The third kappa shape index (κ3) is 18.1. The van der Waals surface area contributed by atoms with E-state index in [1.165, 1.54) is 50.5 Å². The van der Waals surface area contributed by atoms with E-state index in [0.29, 0.717) is 17.4 Å². The van der Waals surface area contributed by atoms with E-state index in [1.54, 1.807) is 0 Å². The van der Waals surface area contributed by atoms with Crippen molar-refractivity contribution in [3.63, 3.8) is 0 Å². The fraction of sp³-hybridized carbons (Fsp3) is 0.720. The number of aliphatic hydroxyl groups excluding tert-OH is 1. The molecular weight excluding hydrogens is 455 g/mol. The van der Waals surface area contributed by atoms with Crippen molar-refractivity contribution in [3.8, 4) is 0 Å². The number of nitrogens with one attached hydrogen (secondary N) is 1. The van der Waals surface area contributed by atoms with Gasteiger partial charge in [-0.1, -0.05) is 95.5 Å². The molecule has 9 heteroatoms. The van der Waals surface area contributed by atoms with E-state index in [-0.39, 0.29) is 18.7 Å². The molecule has 198 valence electrons. The summed E-state index contributed by atoms with van der Waals surface area (Å²) in [5.74, 6) is 0.148. The Morgan fingerprint density at radius 2 is 1.50 bits per heavy atom. The molecule has 1 rings (SSSR count). The molecule has 2 unspecified atom stereocenters. The first-order chi connectivity index (χ1) is 16.1. The largest absolute Gasteiger partial charge is 0.756 e. The highest BCUT2D eigenvalue weighted by atomic mass is 31.2. The first-order valence-electron chi connectivity index (χ1n) is 12.6. The van der Waals surface area contributed by atoms with Gasteiger partial charge in [0.25, 0.3) is 7.82 Å². The molecule has 0 spiro atoms. The molecule has 0 heterocycles. The van der Waals surface area contributed by atoms with Crippen LogP contribution < -0.4 is 10.2 Å². The van der Waals surface area contributed by atoms with E-state index < -0.39 is 7.82 Å². The summed E-state index contributed by atoms with van der Waals surface area (Å²) in [5, 5.41) is 12.9. The molecule has 4 N–H and O–H groups in total. The zero-order chi connectivity index (χ0) is 25.9. The molecule has 8 nitrogen and oxygen atoms in total. The van der Waals surface area contributed by atoms with Gasteiger partial charge < -0.3 is 29.6 Å². The second kappa shape index (κ2) is 19.0. The lowest BCUT2D eigenvalue weighted by Crippen LogP contribution is -2.60. The van der Waals surface area contributed by atoms with Gasteiger partial charge in [0.05, 0.1) is 13.7 Å². The highest BCUT2D eigenvalue weighted by Gasteiger charge is 2.32. The first kappa shape index (κ1) is 32.7. The van der Waals surface area contributed by atoms with E-state index in [9.17, 15) is 9.90 Å². The maximum atomic E-state index is 12.5. The minimum absolute atomic E-state index is 0.0217. The van der Waals surface area contributed by atoms with Gasteiger partial charge >= 0.3 is 0 Å². The predicted molar refractivity (Wildman–Crippen MR) is 134 cm³/mol. The number of amides is 1. The van der Waals surface area contributed by atoms with Crippen LogP contribution in [0.15, 0.2) is 30.3 Å². The summed E-state index contributed by atoms with van der Waals surface area (Å²) >= 11 is 0. The zero-order valence-corrected chi connectivity index (χ0v) is 22.2. The monoisotopic (exact) mass is 502 g/mol. The van der Waals surface area contributed by atoms with E-state index in [4.69, 9.17) is 19.2 Å². The minimum atomic E-state index is -4.89. The Bertz CT molecular complexity index is 677. The fourth-order valence-electron chi connectivity index (χ4n) is 4.13. The van der Waals surface area contributed by atoms with Gasteiger partial charge in [0.1, 0.15) is 13.1 Å². The van der Waals surface area contributed by atoms with Gasteiger partial charge in [0.15, 0.2) is 6.17 Å². The molecule has 1 aromatic carbocycles. The average Bonchev–Trinajstić information content (AvgIpc) is 2.76. The lowest BCUT2D eigenvalue weighted by atomic mass is 10.1. The van der Waals surface area contributed by atoms with E-state index >= 15 is 0 Å². The standard InChI is InChI=1S/C25H44N2O2.H3O4P/c1-4-6-7-8-9-10-11-12-16-19-25(29)26-24(5-2)27(3,20-21-28)22-23-17-14-13-15-18-23;1-5(2,3)4/h13-15,17-18,24,28H,4-12,16,19-22H2,1-3H3;(H3,1,2,3,4). The molecule has 34 heavy (non-hydrogen) atoms. The molecule has 0 bridgehead atoms. The molecule has 1 aromatic rings. The number of benzene rings is 1. The van der Waals surface area contributed by atoms with Crippen LogP contribution in [0.25, 0.3) is 0 Å². The van der Waals surface area contributed by atoms with Crippen molar-refractivity contribution in [2.45, 2.75) is 97.2 Å². The predicted octanol–water partition coefficient (Wildman–Crippen LogP) is 3.84. The van der Waals surface area contributed by atoms with Gasteiger partial charge in [-0.3, -0.25) is 9.36 Å². The SMILES string of the molecule is CCCCCCCCCCCC(=O)NC(CC)[N+](C)(CCO)Cc1ccccc1.O=P([O-])(O)O. The quantitative estimate of drug-likeness (QED) is 0.111. The van der Waals surface area contributed by atoms with Crippen molar-refractivity contribution < 1.29 is 33.6 Å². The van der Waals surface area contributed by atoms with Gasteiger partial charge in [-0.15, -0.1) is 0 Å². The Hall–Kier alpha value is -1.28. The molecular formula is C25H47N2O6P. The number of quaternary nitrogens is 1. The molecule has 2 atom stereocenters. The lowest BCUT2D eigenvalue weighted by Gasteiger charge is -2.41. The first-order valence-corrected chi connectivity index (χ1v) is 14.1. The number of nitrogens with zero attached hydrogens (tertiary/aromatic N) is 1. The van der Waals surface area contributed by atoms with Gasteiger partial charge in [0, 0.05) is 18.4 Å². The Morgan fingerprint density at radius 1 is 1.00 bits per heavy atom. The van der Waals surface area contributed by atoms with Crippen LogP contribution in [0.4, 0.5) is 0 Å². The number of likely N-dealkylation sites (N-methyl/N-ethyl adjacent to an activating group) is 1. The molecule has 0 aliphatic heterocycles. The highest BCUT2D eigenvalue weighted by Crippen LogP contribution is 2.19. The number of carbonyl (C=O) groups excluding carboxylic acids is 1. The second-order valence-electron chi connectivity index (χ2n) is 9.13. The van der Waals surface area contributed by atoms with Gasteiger partial charge in [-0.25, -0.2) is 0 Å². The summed E-state index contributed by atoms with van der Waals surface area (Å²) in [7, 11) is -2.75. The van der Waals surface area contributed by atoms with Crippen LogP contribution in [0, 0.1) is 0 Å². The molecule has 0 radical (unpaired) electrons. The van der Waals surface area contributed by atoms with Crippen LogP contribution in [0.2, 0.25) is 0 Å². The number of aliphatic hydroxyl groups is 1. The highest BCUT2D eigenvalue weighted by molar-refractivity contribution is 7.43. The Morgan fingerprint density at radius 3 is 1.97 bits per heavy atom. The van der Waals surface area contributed by atoms with Crippen LogP contribution in [0.1, 0.15) is 90.0 Å². The Balaban J connectivity index is 0.00000196. The number of phosphoric acid groups is 1. The van der Waals surface area contributed by atoms with Crippen molar-refractivity contribution in [2.24, 2.45) is 0 Å². The van der Waals surface area contributed by atoms with E-state index in [1.807, 2.05) is 18.2 Å². The molecule has 1 amide bonds. The average molecular weight is 503 g/mol. The number of carbonyl (C=O) groups is 1. The lowest BCUT2D eigenvalue weighted by molar-refractivity contribution is -0.948. The molecule has 0 saturated heterocycles. The Labute approximate surface area is 206 Å². The number of hydrogen-bond acceptors (Lipinski definition) is 4. The van der Waals surface area contributed by atoms with Gasteiger partial charge in [-0.2, -0.15) is 0 Å². The smallest absolute Gasteiger partial charge is 0.262 e. The number of unbranched alkanes of at least 4 members (excludes halogenated alkanes) is 8. The van der Waals surface area contributed by atoms with Crippen molar-refractivity contribution >= 4 is 13.7 Å². The van der Waals surface area contributed by atoms with Gasteiger partial charge in [-0.05, 0) is 6.42 Å².